The van der Waals surface area contributed by atoms with E-state index in [1.807, 2.05) is 0 Å². The number of benzene rings is 1. The summed E-state index contributed by atoms with van der Waals surface area (Å²) in [5.41, 5.74) is 9.11. The predicted octanol–water partition coefficient (Wildman–Crippen LogP) is 3.88. The van der Waals surface area contributed by atoms with E-state index in [0.29, 0.717) is 21.6 Å². The summed E-state index contributed by atoms with van der Waals surface area (Å²) < 4.78 is 13.8. The molecule has 2 N–H and O–H groups in total. The third kappa shape index (κ3) is 1.74. The molecule has 2 nitrogen and oxygen atoms in total. The molecule has 1 heterocycles. The number of aromatic nitrogens is 1. The predicted molar refractivity (Wildman–Crippen MR) is 72.4 cm³/mol. The van der Waals surface area contributed by atoms with Crippen molar-refractivity contribution in [1.82, 2.24) is 4.98 Å². The molecule has 0 fully saturated rings. The van der Waals surface area contributed by atoms with Crippen LogP contribution in [-0.2, 0) is 12.8 Å². The van der Waals surface area contributed by atoms with Gasteiger partial charge in [-0.3, -0.25) is 0 Å². The zero-order chi connectivity index (χ0) is 12.7. The molecule has 0 unspecified atom stereocenters. The molecule has 0 bridgehead atoms. The van der Waals surface area contributed by atoms with Crippen LogP contribution in [0.25, 0.3) is 10.9 Å². The Morgan fingerprint density at radius 2 is 1.94 bits per heavy atom. The van der Waals surface area contributed by atoms with Crippen molar-refractivity contribution >= 4 is 28.2 Å². The highest BCUT2D eigenvalue weighted by Gasteiger charge is 2.18. The molecule has 0 saturated heterocycles. The number of halogens is 2. The van der Waals surface area contributed by atoms with E-state index in [1.54, 1.807) is 6.07 Å². The molecule has 1 aliphatic rings. The number of fused-ring (bicyclic) bond motifs is 2. The molecule has 4 heteroatoms. The van der Waals surface area contributed by atoms with Crippen molar-refractivity contribution in [2.24, 2.45) is 0 Å². The van der Waals surface area contributed by atoms with Gasteiger partial charge in [0.25, 0.3) is 0 Å². The Hall–Kier alpha value is -1.35. The highest BCUT2D eigenvalue weighted by atomic mass is 35.5. The SMILES string of the molecule is Nc1c2c(nc3c(F)ccc(Cl)c13)CCCCC2. The average Bonchev–Trinajstić information content (AvgIpc) is 2.59. The minimum absolute atomic E-state index is 0.306. The Balaban J connectivity index is 2.38. The molecule has 2 aromatic rings. The second-order valence-corrected chi connectivity index (χ2v) is 5.17. The number of rotatable bonds is 0. The Morgan fingerprint density at radius 1 is 1.17 bits per heavy atom. The van der Waals surface area contributed by atoms with Crippen molar-refractivity contribution in [2.75, 3.05) is 5.73 Å². The Bertz CT molecular complexity index is 625. The fraction of sp³-hybridized carbons (Fsp3) is 0.357. The van der Waals surface area contributed by atoms with E-state index >= 15 is 0 Å². The van der Waals surface area contributed by atoms with Gasteiger partial charge >= 0.3 is 0 Å². The van der Waals surface area contributed by atoms with Gasteiger partial charge in [0.05, 0.1) is 5.02 Å². The van der Waals surface area contributed by atoms with Gasteiger partial charge in [-0.2, -0.15) is 0 Å². The van der Waals surface area contributed by atoms with Crippen molar-refractivity contribution < 1.29 is 4.39 Å². The van der Waals surface area contributed by atoms with Crippen LogP contribution in [-0.4, -0.2) is 4.98 Å². The van der Waals surface area contributed by atoms with E-state index in [1.165, 1.54) is 12.5 Å². The fourth-order valence-electron chi connectivity index (χ4n) is 2.67. The molecular formula is C14H14ClFN2. The van der Waals surface area contributed by atoms with Gasteiger partial charge in [-0.1, -0.05) is 18.0 Å². The van der Waals surface area contributed by atoms with Crippen molar-refractivity contribution in [3.8, 4) is 0 Å². The van der Waals surface area contributed by atoms with Gasteiger partial charge in [-0.25, -0.2) is 9.37 Å². The van der Waals surface area contributed by atoms with Gasteiger partial charge in [0, 0.05) is 16.8 Å². The maximum absolute atomic E-state index is 13.8. The van der Waals surface area contributed by atoms with Crippen LogP contribution >= 0.6 is 11.6 Å². The van der Waals surface area contributed by atoms with Gasteiger partial charge in [0.15, 0.2) is 0 Å². The average molecular weight is 265 g/mol. The van der Waals surface area contributed by atoms with Crippen LogP contribution in [0.3, 0.4) is 0 Å². The summed E-state index contributed by atoms with van der Waals surface area (Å²) >= 11 is 6.13. The number of aryl methyl sites for hydroxylation is 1. The van der Waals surface area contributed by atoms with Crippen LogP contribution in [0.4, 0.5) is 10.1 Å². The van der Waals surface area contributed by atoms with Crippen LogP contribution in [0.1, 0.15) is 30.5 Å². The van der Waals surface area contributed by atoms with E-state index in [2.05, 4.69) is 4.98 Å². The molecule has 1 aromatic carbocycles. The minimum atomic E-state index is -0.354. The van der Waals surface area contributed by atoms with Gasteiger partial charge in [0.1, 0.15) is 11.3 Å². The first-order valence-electron chi connectivity index (χ1n) is 6.23. The normalized spacial score (nSPS) is 15.4. The quantitative estimate of drug-likeness (QED) is 0.734. The molecule has 3 rings (SSSR count). The zero-order valence-corrected chi connectivity index (χ0v) is 10.7. The second-order valence-electron chi connectivity index (χ2n) is 4.76. The van der Waals surface area contributed by atoms with Crippen molar-refractivity contribution in [3.63, 3.8) is 0 Å². The van der Waals surface area contributed by atoms with Crippen molar-refractivity contribution in [3.05, 3.63) is 34.2 Å². The summed E-state index contributed by atoms with van der Waals surface area (Å²) in [6, 6.07) is 2.89. The van der Waals surface area contributed by atoms with Crippen LogP contribution in [0.2, 0.25) is 5.02 Å². The van der Waals surface area contributed by atoms with Gasteiger partial charge < -0.3 is 5.73 Å². The van der Waals surface area contributed by atoms with Gasteiger partial charge in [-0.15, -0.1) is 0 Å². The zero-order valence-electron chi connectivity index (χ0n) is 9.97. The summed E-state index contributed by atoms with van der Waals surface area (Å²) in [4.78, 5) is 4.46. The van der Waals surface area contributed by atoms with E-state index in [-0.39, 0.29) is 5.82 Å². The first-order valence-corrected chi connectivity index (χ1v) is 6.61. The standard InChI is InChI=1S/C14H14ClFN2/c15-9-6-7-10(16)14-12(9)13(17)8-4-2-1-3-5-11(8)18-14/h6-7H,1-5H2,(H2,17,18). The lowest BCUT2D eigenvalue weighted by molar-refractivity contribution is 0.636. The lowest BCUT2D eigenvalue weighted by Gasteiger charge is -2.13. The number of anilines is 1. The lowest BCUT2D eigenvalue weighted by Crippen LogP contribution is -2.04. The molecule has 0 radical (unpaired) electrons. The maximum Gasteiger partial charge on any atom is 0.149 e. The monoisotopic (exact) mass is 264 g/mol. The van der Waals surface area contributed by atoms with E-state index in [9.17, 15) is 4.39 Å². The minimum Gasteiger partial charge on any atom is -0.398 e. The number of nitrogens with zero attached hydrogens (tertiary/aromatic N) is 1. The van der Waals surface area contributed by atoms with E-state index in [4.69, 9.17) is 17.3 Å². The molecule has 1 aliphatic carbocycles. The summed E-state index contributed by atoms with van der Waals surface area (Å²) in [5.74, 6) is -0.354. The largest absolute Gasteiger partial charge is 0.398 e. The van der Waals surface area contributed by atoms with Crippen LogP contribution in [0.15, 0.2) is 12.1 Å². The third-order valence-electron chi connectivity index (χ3n) is 3.61. The summed E-state index contributed by atoms with van der Waals surface area (Å²) in [6.07, 6.45) is 5.16. The van der Waals surface area contributed by atoms with Crippen LogP contribution in [0, 0.1) is 5.82 Å². The maximum atomic E-state index is 13.8. The third-order valence-corrected chi connectivity index (χ3v) is 3.92. The highest BCUT2D eigenvalue weighted by Crippen LogP contribution is 2.35. The number of nitrogen functional groups attached to an aromatic ring is 1. The molecule has 0 saturated carbocycles. The number of hydrogen-bond donors (Lipinski definition) is 1. The highest BCUT2D eigenvalue weighted by molar-refractivity contribution is 6.36. The van der Waals surface area contributed by atoms with Crippen molar-refractivity contribution in [2.45, 2.75) is 32.1 Å². The molecule has 0 amide bonds. The van der Waals surface area contributed by atoms with E-state index < -0.39 is 0 Å². The van der Waals surface area contributed by atoms with Gasteiger partial charge in [0.2, 0.25) is 0 Å². The van der Waals surface area contributed by atoms with Crippen LogP contribution < -0.4 is 5.73 Å². The van der Waals surface area contributed by atoms with Gasteiger partial charge in [-0.05, 0) is 43.4 Å². The molecule has 1 aromatic heterocycles. The first kappa shape index (κ1) is 11.7. The fourth-order valence-corrected chi connectivity index (χ4v) is 2.93. The number of pyridine rings is 1. The first-order chi connectivity index (χ1) is 8.68. The summed E-state index contributed by atoms with van der Waals surface area (Å²) in [5, 5.41) is 1.04. The Morgan fingerprint density at radius 3 is 2.78 bits per heavy atom. The number of hydrogen-bond acceptors (Lipinski definition) is 2. The Labute approximate surface area is 110 Å². The molecule has 0 spiro atoms. The second kappa shape index (κ2) is 4.39. The van der Waals surface area contributed by atoms with E-state index in [0.717, 1.165) is 36.9 Å². The van der Waals surface area contributed by atoms with Crippen molar-refractivity contribution in [1.29, 1.82) is 0 Å². The summed E-state index contributed by atoms with van der Waals surface area (Å²) in [6.45, 7) is 0. The number of nitrogens with two attached hydrogens (primary N) is 1. The smallest absolute Gasteiger partial charge is 0.149 e. The molecule has 0 atom stereocenters. The van der Waals surface area contributed by atoms with Crippen LogP contribution in [0.5, 0.6) is 0 Å². The molecule has 94 valence electrons. The molecular weight excluding hydrogens is 251 g/mol. The lowest BCUT2D eigenvalue weighted by atomic mass is 10.0. The summed E-state index contributed by atoms with van der Waals surface area (Å²) in [7, 11) is 0. The molecule has 0 aliphatic heterocycles. The Kier molecular flexibility index (Phi) is 2.86. The molecule has 18 heavy (non-hydrogen) atoms. The topological polar surface area (TPSA) is 38.9 Å².